The lowest BCUT2D eigenvalue weighted by Crippen LogP contribution is -2.45. The maximum atomic E-state index is 5.79. The Morgan fingerprint density at radius 3 is 2.52 bits per heavy atom. The highest BCUT2D eigenvalue weighted by Crippen LogP contribution is 2.32. The highest BCUT2D eigenvalue weighted by atomic mass is 16.7. The van der Waals surface area contributed by atoms with Crippen LogP contribution >= 0.6 is 0 Å². The first-order chi connectivity index (χ1) is 12.3. The number of ether oxygens (including phenoxy) is 3. The highest BCUT2D eigenvalue weighted by Gasteiger charge is 2.40. The molecule has 8 nitrogen and oxygen atoms in total. The molecule has 4 heterocycles. The van der Waals surface area contributed by atoms with Crippen molar-refractivity contribution in [2.24, 2.45) is 0 Å². The summed E-state index contributed by atoms with van der Waals surface area (Å²) in [6, 6.07) is 2.04. The zero-order valence-electron chi connectivity index (χ0n) is 14.7. The van der Waals surface area contributed by atoms with E-state index in [1.165, 1.54) is 0 Å². The van der Waals surface area contributed by atoms with Gasteiger partial charge in [0.1, 0.15) is 18.0 Å². The van der Waals surface area contributed by atoms with Crippen LogP contribution in [0.2, 0.25) is 0 Å². The van der Waals surface area contributed by atoms with Gasteiger partial charge in [-0.3, -0.25) is 4.90 Å². The van der Waals surface area contributed by atoms with Crippen LogP contribution < -0.4 is 10.2 Å². The highest BCUT2D eigenvalue weighted by molar-refractivity contribution is 5.48. The Kier molecular flexibility index (Phi) is 5.30. The lowest BCUT2D eigenvalue weighted by atomic mass is 10.0. The van der Waals surface area contributed by atoms with Crippen molar-refractivity contribution < 1.29 is 14.2 Å². The van der Waals surface area contributed by atoms with Gasteiger partial charge in [0.2, 0.25) is 0 Å². The average molecular weight is 349 g/mol. The molecule has 0 amide bonds. The maximum absolute atomic E-state index is 5.79. The minimum Gasteiger partial charge on any atom is -0.379 e. The largest absolute Gasteiger partial charge is 0.379 e. The summed E-state index contributed by atoms with van der Waals surface area (Å²) in [5.41, 5.74) is 0. The van der Waals surface area contributed by atoms with Crippen molar-refractivity contribution in [3.63, 3.8) is 0 Å². The second-order valence-corrected chi connectivity index (χ2v) is 6.74. The van der Waals surface area contributed by atoms with E-state index in [1.54, 1.807) is 6.33 Å². The van der Waals surface area contributed by atoms with Gasteiger partial charge >= 0.3 is 0 Å². The zero-order chi connectivity index (χ0) is 17.0. The number of rotatable bonds is 5. The van der Waals surface area contributed by atoms with Crippen LogP contribution in [0.1, 0.15) is 12.8 Å². The van der Waals surface area contributed by atoms with Crippen LogP contribution in [0, 0.1) is 0 Å². The van der Waals surface area contributed by atoms with Gasteiger partial charge < -0.3 is 24.4 Å². The van der Waals surface area contributed by atoms with Gasteiger partial charge in [0.25, 0.3) is 0 Å². The first-order valence-electron chi connectivity index (χ1n) is 9.22. The van der Waals surface area contributed by atoms with E-state index in [9.17, 15) is 0 Å². The van der Waals surface area contributed by atoms with E-state index in [2.05, 4.69) is 25.1 Å². The van der Waals surface area contributed by atoms with Crippen molar-refractivity contribution in [1.29, 1.82) is 0 Å². The molecule has 0 saturated carbocycles. The molecule has 1 aromatic heterocycles. The molecule has 1 spiro atoms. The molecule has 0 atom stereocenters. The van der Waals surface area contributed by atoms with Crippen LogP contribution in [-0.2, 0) is 14.2 Å². The molecule has 1 aromatic rings. The quantitative estimate of drug-likeness (QED) is 0.827. The third kappa shape index (κ3) is 4.20. The summed E-state index contributed by atoms with van der Waals surface area (Å²) in [5, 5.41) is 3.41. The Morgan fingerprint density at radius 2 is 1.76 bits per heavy atom. The van der Waals surface area contributed by atoms with Crippen LogP contribution in [0.3, 0.4) is 0 Å². The second-order valence-electron chi connectivity index (χ2n) is 6.74. The van der Waals surface area contributed by atoms with Crippen molar-refractivity contribution in [3.8, 4) is 0 Å². The van der Waals surface area contributed by atoms with Crippen LogP contribution in [0.4, 0.5) is 11.6 Å². The minimum atomic E-state index is -0.344. The van der Waals surface area contributed by atoms with Crippen LogP contribution in [0.25, 0.3) is 0 Å². The van der Waals surface area contributed by atoms with Crippen molar-refractivity contribution in [2.75, 3.05) is 75.9 Å². The van der Waals surface area contributed by atoms with Crippen molar-refractivity contribution in [1.82, 2.24) is 14.9 Å². The molecule has 3 saturated heterocycles. The van der Waals surface area contributed by atoms with E-state index >= 15 is 0 Å². The molecule has 8 heteroatoms. The summed E-state index contributed by atoms with van der Waals surface area (Å²) in [7, 11) is 0. The van der Waals surface area contributed by atoms with E-state index < -0.39 is 0 Å². The fourth-order valence-electron chi connectivity index (χ4n) is 3.65. The Morgan fingerprint density at radius 1 is 1.00 bits per heavy atom. The maximum Gasteiger partial charge on any atom is 0.171 e. The van der Waals surface area contributed by atoms with Gasteiger partial charge in [0.05, 0.1) is 26.4 Å². The Hall–Kier alpha value is -1.48. The standard InChI is InChI=1S/C17H27N5O3/c1-4-22(5-2-17(1)24-11-12-25-17)16-13-15(19-14-20-16)18-3-6-21-7-9-23-10-8-21/h13-14H,1-12H2,(H,18,19,20). The molecule has 3 fully saturated rings. The second kappa shape index (κ2) is 7.82. The molecule has 1 N–H and O–H groups in total. The van der Waals surface area contributed by atoms with E-state index in [-0.39, 0.29) is 5.79 Å². The third-order valence-electron chi connectivity index (χ3n) is 5.15. The molecule has 25 heavy (non-hydrogen) atoms. The molecular formula is C17H27N5O3. The fraction of sp³-hybridized carbons (Fsp3) is 0.765. The number of anilines is 2. The SMILES string of the molecule is c1nc(NCCN2CCOCC2)cc(N2CCC3(CC2)OCCO3)n1. The van der Waals surface area contributed by atoms with E-state index in [1.807, 2.05) is 6.07 Å². The predicted octanol–water partition coefficient (Wildman–Crippen LogP) is 0.564. The topological polar surface area (TPSA) is 72.0 Å². The number of aromatic nitrogens is 2. The summed E-state index contributed by atoms with van der Waals surface area (Å²) >= 11 is 0. The third-order valence-corrected chi connectivity index (χ3v) is 5.15. The Bertz CT molecular complexity index is 551. The molecule has 0 bridgehead atoms. The summed E-state index contributed by atoms with van der Waals surface area (Å²) in [6.45, 7) is 8.78. The van der Waals surface area contributed by atoms with E-state index in [0.29, 0.717) is 13.2 Å². The summed E-state index contributed by atoms with van der Waals surface area (Å²) < 4.78 is 17.0. The van der Waals surface area contributed by atoms with Gasteiger partial charge in [0.15, 0.2) is 5.79 Å². The number of hydrogen-bond donors (Lipinski definition) is 1. The Balaban J connectivity index is 1.27. The van der Waals surface area contributed by atoms with Gasteiger partial charge in [0, 0.05) is 58.2 Å². The van der Waals surface area contributed by atoms with E-state index in [0.717, 1.165) is 77.0 Å². The first-order valence-corrected chi connectivity index (χ1v) is 9.22. The molecule has 3 aliphatic heterocycles. The number of nitrogens with zero attached hydrogens (tertiary/aromatic N) is 4. The van der Waals surface area contributed by atoms with Crippen molar-refractivity contribution in [3.05, 3.63) is 12.4 Å². The zero-order valence-corrected chi connectivity index (χ0v) is 14.7. The lowest BCUT2D eigenvalue weighted by molar-refractivity contribution is -0.169. The Labute approximate surface area is 148 Å². The average Bonchev–Trinajstić information content (AvgIpc) is 3.12. The minimum absolute atomic E-state index is 0.344. The summed E-state index contributed by atoms with van der Waals surface area (Å²) in [4.78, 5) is 13.5. The predicted molar refractivity (Wildman–Crippen MR) is 93.9 cm³/mol. The van der Waals surface area contributed by atoms with Gasteiger partial charge in [-0.2, -0.15) is 0 Å². The van der Waals surface area contributed by atoms with Gasteiger partial charge in [-0.1, -0.05) is 0 Å². The summed E-state index contributed by atoms with van der Waals surface area (Å²) in [6.07, 6.45) is 3.41. The summed E-state index contributed by atoms with van der Waals surface area (Å²) in [5.74, 6) is 1.51. The lowest BCUT2D eigenvalue weighted by Gasteiger charge is -2.38. The number of morpholine rings is 1. The molecule has 4 rings (SSSR count). The van der Waals surface area contributed by atoms with Crippen molar-refractivity contribution >= 4 is 11.6 Å². The van der Waals surface area contributed by atoms with Crippen LogP contribution in [-0.4, -0.2) is 86.4 Å². The number of nitrogens with one attached hydrogen (secondary N) is 1. The number of hydrogen-bond acceptors (Lipinski definition) is 8. The fourth-order valence-corrected chi connectivity index (χ4v) is 3.65. The molecule has 0 unspecified atom stereocenters. The normalized spacial score (nSPS) is 23.9. The molecule has 138 valence electrons. The first kappa shape index (κ1) is 17.0. The molecule has 3 aliphatic rings. The smallest absolute Gasteiger partial charge is 0.171 e. The van der Waals surface area contributed by atoms with Crippen LogP contribution in [0.5, 0.6) is 0 Å². The number of piperidine rings is 1. The monoisotopic (exact) mass is 349 g/mol. The molecular weight excluding hydrogens is 322 g/mol. The molecule has 0 radical (unpaired) electrons. The van der Waals surface area contributed by atoms with E-state index in [4.69, 9.17) is 14.2 Å². The van der Waals surface area contributed by atoms with Gasteiger partial charge in [-0.05, 0) is 0 Å². The van der Waals surface area contributed by atoms with Gasteiger partial charge in [-0.25, -0.2) is 9.97 Å². The van der Waals surface area contributed by atoms with Crippen LogP contribution in [0.15, 0.2) is 12.4 Å². The van der Waals surface area contributed by atoms with Gasteiger partial charge in [-0.15, -0.1) is 0 Å². The molecule has 0 aliphatic carbocycles. The molecule has 0 aromatic carbocycles. The van der Waals surface area contributed by atoms with Crippen molar-refractivity contribution in [2.45, 2.75) is 18.6 Å².